The summed E-state index contributed by atoms with van der Waals surface area (Å²) in [4.78, 5) is 12.3. The third-order valence-electron chi connectivity index (χ3n) is 4.44. The summed E-state index contributed by atoms with van der Waals surface area (Å²) >= 11 is 1.44. The van der Waals surface area contributed by atoms with Crippen LogP contribution in [0.4, 0.5) is 5.69 Å². The summed E-state index contributed by atoms with van der Waals surface area (Å²) < 4.78 is 11.3. The molecule has 0 spiro atoms. The second-order valence-electron chi connectivity index (χ2n) is 6.87. The van der Waals surface area contributed by atoms with Crippen LogP contribution in [0.5, 0.6) is 5.75 Å². The minimum absolute atomic E-state index is 0.138. The molecule has 0 saturated heterocycles. The minimum atomic E-state index is -0.138. The number of nitrogens with one attached hydrogen (secondary N) is 1. The van der Waals surface area contributed by atoms with Gasteiger partial charge in [0.25, 0.3) is 17.0 Å². The number of aryl methyl sites for hydroxylation is 1. The zero-order valence-corrected chi connectivity index (χ0v) is 17.8. The Morgan fingerprint density at radius 3 is 2.45 bits per heavy atom. The fourth-order valence-electron chi connectivity index (χ4n) is 2.76. The Morgan fingerprint density at radius 2 is 1.71 bits per heavy atom. The van der Waals surface area contributed by atoms with Crippen LogP contribution in [-0.2, 0) is 12.4 Å². The molecule has 0 aliphatic rings. The first-order valence-electron chi connectivity index (χ1n) is 9.76. The van der Waals surface area contributed by atoms with Gasteiger partial charge in [-0.15, -0.1) is 10.2 Å². The average molecular weight is 432 g/mol. The molecule has 7 heteroatoms. The van der Waals surface area contributed by atoms with Crippen molar-refractivity contribution in [2.24, 2.45) is 0 Å². The monoisotopic (exact) mass is 431 g/mol. The highest BCUT2D eigenvalue weighted by atomic mass is 32.2. The highest BCUT2D eigenvalue weighted by Crippen LogP contribution is 2.22. The van der Waals surface area contributed by atoms with Gasteiger partial charge in [0.1, 0.15) is 5.75 Å². The lowest BCUT2D eigenvalue weighted by atomic mass is 10.1. The number of para-hydroxylation sites is 1. The first-order chi connectivity index (χ1) is 15.2. The third kappa shape index (κ3) is 5.96. The van der Waals surface area contributed by atoms with E-state index in [1.165, 1.54) is 17.3 Å². The molecule has 1 N–H and O–H groups in total. The molecule has 1 amide bonds. The van der Waals surface area contributed by atoms with E-state index in [2.05, 4.69) is 15.5 Å². The molecule has 0 aliphatic heterocycles. The predicted octanol–water partition coefficient (Wildman–Crippen LogP) is 5.50. The van der Waals surface area contributed by atoms with Crippen LogP contribution >= 0.6 is 11.8 Å². The van der Waals surface area contributed by atoms with E-state index in [-0.39, 0.29) is 12.5 Å². The fourth-order valence-corrected chi connectivity index (χ4v) is 3.49. The maximum Gasteiger partial charge on any atom is 0.277 e. The van der Waals surface area contributed by atoms with Crippen molar-refractivity contribution in [2.75, 3.05) is 5.32 Å². The second-order valence-corrected chi connectivity index (χ2v) is 7.80. The molecular weight excluding hydrogens is 410 g/mol. The first kappa shape index (κ1) is 20.7. The Morgan fingerprint density at radius 1 is 0.968 bits per heavy atom. The van der Waals surface area contributed by atoms with Crippen LogP contribution in [-0.4, -0.2) is 16.1 Å². The van der Waals surface area contributed by atoms with Gasteiger partial charge in [-0.1, -0.05) is 59.8 Å². The summed E-state index contributed by atoms with van der Waals surface area (Å²) in [5, 5.41) is 11.4. The van der Waals surface area contributed by atoms with Gasteiger partial charge in [-0.3, -0.25) is 4.79 Å². The molecule has 0 aliphatic carbocycles. The van der Waals surface area contributed by atoms with Crippen LogP contribution in [0.15, 0.2) is 88.5 Å². The van der Waals surface area contributed by atoms with Gasteiger partial charge in [0.2, 0.25) is 0 Å². The van der Waals surface area contributed by atoms with Crippen molar-refractivity contribution >= 4 is 23.4 Å². The highest BCUT2D eigenvalue weighted by molar-refractivity contribution is 7.98. The number of hydrogen-bond donors (Lipinski definition) is 1. The van der Waals surface area contributed by atoms with E-state index in [9.17, 15) is 4.79 Å². The zero-order chi connectivity index (χ0) is 21.5. The number of rotatable bonds is 8. The van der Waals surface area contributed by atoms with Crippen molar-refractivity contribution in [2.45, 2.75) is 24.5 Å². The third-order valence-corrected chi connectivity index (χ3v) is 5.33. The van der Waals surface area contributed by atoms with E-state index in [4.69, 9.17) is 9.15 Å². The molecule has 31 heavy (non-hydrogen) atoms. The maximum atomic E-state index is 12.3. The number of benzene rings is 3. The highest BCUT2D eigenvalue weighted by Gasteiger charge is 2.09. The van der Waals surface area contributed by atoms with Gasteiger partial charge in [0.05, 0.1) is 0 Å². The van der Waals surface area contributed by atoms with Gasteiger partial charge >= 0.3 is 0 Å². The Hall–Kier alpha value is -3.58. The quantitative estimate of drug-likeness (QED) is 0.371. The molecule has 4 rings (SSSR count). The van der Waals surface area contributed by atoms with Crippen molar-refractivity contribution in [3.63, 3.8) is 0 Å². The molecule has 1 aromatic heterocycles. The lowest BCUT2D eigenvalue weighted by molar-refractivity contribution is 0.102. The molecule has 0 radical (unpaired) electrons. The van der Waals surface area contributed by atoms with E-state index < -0.39 is 0 Å². The summed E-state index contributed by atoms with van der Waals surface area (Å²) in [6.45, 7) is 2.25. The van der Waals surface area contributed by atoms with Gasteiger partial charge in [-0.05, 0) is 48.9 Å². The standard InChI is InChI=1S/C24H21N3O3S/c1-17-7-13-21(14-8-17)29-15-22-26-27-24(30-22)31-16-18-9-11-19(12-10-18)23(28)25-20-5-3-2-4-6-20/h2-14H,15-16H2,1H3,(H,25,28). The van der Waals surface area contributed by atoms with Crippen LogP contribution < -0.4 is 10.1 Å². The number of aromatic nitrogens is 2. The van der Waals surface area contributed by atoms with Crippen molar-refractivity contribution in [3.05, 3.63) is 101 Å². The summed E-state index contributed by atoms with van der Waals surface area (Å²) in [5.74, 6) is 1.70. The fraction of sp³-hybridized carbons (Fsp3) is 0.125. The van der Waals surface area contributed by atoms with Gasteiger partial charge in [0, 0.05) is 17.0 Å². The van der Waals surface area contributed by atoms with E-state index in [0.717, 1.165) is 17.0 Å². The molecular formula is C24H21N3O3S. The lowest BCUT2D eigenvalue weighted by Gasteiger charge is -2.06. The van der Waals surface area contributed by atoms with Crippen molar-refractivity contribution in [1.29, 1.82) is 0 Å². The molecule has 0 unspecified atom stereocenters. The van der Waals surface area contributed by atoms with Crippen LogP contribution in [0.1, 0.15) is 27.4 Å². The molecule has 0 saturated carbocycles. The lowest BCUT2D eigenvalue weighted by Crippen LogP contribution is -2.11. The molecule has 6 nitrogen and oxygen atoms in total. The molecule has 3 aromatic carbocycles. The molecule has 1 heterocycles. The number of carbonyl (C=O) groups is 1. The number of ether oxygens (including phenoxy) is 1. The van der Waals surface area contributed by atoms with Crippen molar-refractivity contribution < 1.29 is 13.9 Å². The smallest absolute Gasteiger partial charge is 0.277 e. The number of anilines is 1. The normalized spacial score (nSPS) is 10.6. The minimum Gasteiger partial charge on any atom is -0.484 e. The van der Waals surface area contributed by atoms with E-state index in [1.54, 1.807) is 0 Å². The largest absolute Gasteiger partial charge is 0.484 e. The van der Waals surface area contributed by atoms with E-state index in [1.807, 2.05) is 85.8 Å². The zero-order valence-electron chi connectivity index (χ0n) is 16.9. The van der Waals surface area contributed by atoms with Gasteiger partial charge in [0.15, 0.2) is 6.61 Å². The number of thioether (sulfide) groups is 1. The topological polar surface area (TPSA) is 77.2 Å². The summed E-state index contributed by atoms with van der Waals surface area (Å²) in [6.07, 6.45) is 0. The Labute approximate surface area is 184 Å². The first-order valence-corrected chi connectivity index (χ1v) is 10.7. The molecule has 4 aromatic rings. The molecule has 156 valence electrons. The van der Waals surface area contributed by atoms with Crippen LogP contribution in [0.3, 0.4) is 0 Å². The van der Waals surface area contributed by atoms with Crippen molar-refractivity contribution in [3.8, 4) is 5.75 Å². The number of nitrogens with zero attached hydrogens (tertiary/aromatic N) is 2. The van der Waals surface area contributed by atoms with E-state index in [0.29, 0.717) is 22.4 Å². The number of hydrogen-bond acceptors (Lipinski definition) is 6. The molecule has 0 bridgehead atoms. The second kappa shape index (κ2) is 9.95. The summed E-state index contributed by atoms with van der Waals surface area (Å²) in [7, 11) is 0. The van der Waals surface area contributed by atoms with Gasteiger partial charge < -0.3 is 14.5 Å². The van der Waals surface area contributed by atoms with Crippen molar-refractivity contribution in [1.82, 2.24) is 10.2 Å². The summed E-state index contributed by atoms with van der Waals surface area (Å²) in [5.41, 5.74) is 3.60. The number of carbonyl (C=O) groups excluding carboxylic acids is 1. The van der Waals surface area contributed by atoms with Crippen LogP contribution in [0.25, 0.3) is 0 Å². The van der Waals surface area contributed by atoms with Crippen LogP contribution in [0.2, 0.25) is 0 Å². The molecule has 0 fully saturated rings. The predicted molar refractivity (Wildman–Crippen MR) is 120 cm³/mol. The van der Waals surface area contributed by atoms with Gasteiger partial charge in [-0.25, -0.2) is 0 Å². The Kier molecular flexibility index (Phi) is 6.64. The van der Waals surface area contributed by atoms with Gasteiger partial charge in [-0.2, -0.15) is 0 Å². The number of amides is 1. The maximum absolute atomic E-state index is 12.3. The Bertz CT molecular complexity index is 1130. The average Bonchev–Trinajstić information content (AvgIpc) is 3.26. The van der Waals surface area contributed by atoms with E-state index >= 15 is 0 Å². The SMILES string of the molecule is Cc1ccc(OCc2nnc(SCc3ccc(C(=O)Nc4ccccc4)cc3)o2)cc1. The molecule has 0 atom stereocenters. The Balaban J connectivity index is 1.26. The van der Waals surface area contributed by atoms with Crippen LogP contribution in [0, 0.1) is 6.92 Å². The summed E-state index contributed by atoms with van der Waals surface area (Å²) in [6, 6.07) is 24.6.